The van der Waals surface area contributed by atoms with Gasteiger partial charge in [-0.1, -0.05) is 11.6 Å². The maximum atomic E-state index is 5.51. The molecule has 3 rings (SSSR count). The number of likely N-dealkylation sites (tertiary alicyclic amines) is 1. The fourth-order valence-electron chi connectivity index (χ4n) is 3.05. The lowest BCUT2D eigenvalue weighted by atomic mass is 9.94. The fraction of sp³-hybridized carbons (Fsp3) is 0.786. The molecule has 2 aliphatic heterocycles. The molecule has 2 fully saturated rings. The van der Waals surface area contributed by atoms with Gasteiger partial charge in [0.25, 0.3) is 0 Å². The maximum Gasteiger partial charge on any atom is 0.150 e. The van der Waals surface area contributed by atoms with E-state index < -0.39 is 0 Å². The van der Waals surface area contributed by atoms with Crippen LogP contribution in [0.15, 0.2) is 10.6 Å². The van der Waals surface area contributed by atoms with Crippen LogP contribution in [-0.4, -0.2) is 36.2 Å². The SMILES string of the molecule is c1c(C2CCNCC2)noc1CN1CCCCC1. The number of hydrogen-bond acceptors (Lipinski definition) is 4. The van der Waals surface area contributed by atoms with Gasteiger partial charge in [0, 0.05) is 12.0 Å². The van der Waals surface area contributed by atoms with Gasteiger partial charge in [0.2, 0.25) is 0 Å². The summed E-state index contributed by atoms with van der Waals surface area (Å²) in [7, 11) is 0. The average molecular weight is 249 g/mol. The topological polar surface area (TPSA) is 41.3 Å². The number of aromatic nitrogens is 1. The minimum Gasteiger partial charge on any atom is -0.360 e. The van der Waals surface area contributed by atoms with E-state index in [0.29, 0.717) is 5.92 Å². The van der Waals surface area contributed by atoms with Crippen LogP contribution in [-0.2, 0) is 6.54 Å². The number of hydrogen-bond donors (Lipinski definition) is 1. The first-order valence-corrected chi connectivity index (χ1v) is 7.30. The van der Waals surface area contributed by atoms with E-state index in [9.17, 15) is 0 Å². The van der Waals surface area contributed by atoms with Crippen molar-refractivity contribution in [2.45, 2.75) is 44.6 Å². The molecule has 0 spiro atoms. The number of nitrogens with one attached hydrogen (secondary N) is 1. The Balaban J connectivity index is 1.58. The first-order chi connectivity index (χ1) is 8.92. The van der Waals surface area contributed by atoms with Gasteiger partial charge in [-0.15, -0.1) is 0 Å². The van der Waals surface area contributed by atoms with Crippen LogP contribution in [0.25, 0.3) is 0 Å². The molecule has 0 radical (unpaired) electrons. The summed E-state index contributed by atoms with van der Waals surface area (Å²) >= 11 is 0. The van der Waals surface area contributed by atoms with Crippen LogP contribution in [0.3, 0.4) is 0 Å². The smallest absolute Gasteiger partial charge is 0.150 e. The molecule has 0 saturated carbocycles. The molecule has 1 aromatic heterocycles. The van der Waals surface area contributed by atoms with Crippen molar-refractivity contribution in [2.24, 2.45) is 0 Å². The highest BCUT2D eigenvalue weighted by molar-refractivity contribution is 5.11. The predicted octanol–water partition coefficient (Wildman–Crippen LogP) is 2.13. The van der Waals surface area contributed by atoms with Gasteiger partial charge >= 0.3 is 0 Å². The van der Waals surface area contributed by atoms with Crippen LogP contribution in [0, 0.1) is 0 Å². The third-order valence-corrected chi connectivity index (χ3v) is 4.16. The standard InChI is InChI=1S/C14H23N3O/c1-2-8-17(9-3-1)11-13-10-14(16-18-13)12-4-6-15-7-5-12/h10,12,15H,1-9,11H2. The summed E-state index contributed by atoms with van der Waals surface area (Å²) in [5.41, 5.74) is 1.17. The Bertz CT molecular complexity index is 365. The molecule has 1 aromatic rings. The molecular weight excluding hydrogens is 226 g/mol. The van der Waals surface area contributed by atoms with E-state index in [1.54, 1.807) is 0 Å². The van der Waals surface area contributed by atoms with Crippen molar-refractivity contribution in [3.8, 4) is 0 Å². The Morgan fingerprint density at radius 1 is 1.22 bits per heavy atom. The summed E-state index contributed by atoms with van der Waals surface area (Å²) < 4.78 is 5.51. The molecule has 0 amide bonds. The van der Waals surface area contributed by atoms with Crippen molar-refractivity contribution in [3.05, 3.63) is 17.5 Å². The lowest BCUT2D eigenvalue weighted by molar-refractivity contribution is 0.196. The third kappa shape index (κ3) is 2.93. The molecule has 1 N–H and O–H groups in total. The molecular formula is C14H23N3O. The van der Waals surface area contributed by atoms with E-state index in [4.69, 9.17) is 4.52 Å². The van der Waals surface area contributed by atoms with E-state index in [2.05, 4.69) is 21.4 Å². The van der Waals surface area contributed by atoms with Crippen LogP contribution >= 0.6 is 0 Å². The molecule has 4 nitrogen and oxygen atoms in total. The van der Waals surface area contributed by atoms with E-state index in [1.807, 2.05) is 0 Å². The van der Waals surface area contributed by atoms with Crippen molar-refractivity contribution in [2.75, 3.05) is 26.2 Å². The second-order valence-electron chi connectivity index (χ2n) is 5.58. The van der Waals surface area contributed by atoms with E-state index in [1.165, 1.54) is 50.9 Å². The Morgan fingerprint density at radius 3 is 2.78 bits per heavy atom. The van der Waals surface area contributed by atoms with Gasteiger partial charge in [-0.2, -0.15) is 0 Å². The number of nitrogens with zero attached hydrogens (tertiary/aromatic N) is 2. The molecule has 0 bridgehead atoms. The first kappa shape index (κ1) is 12.2. The Labute approximate surface area is 109 Å². The zero-order valence-electron chi connectivity index (χ0n) is 11.0. The van der Waals surface area contributed by atoms with E-state index in [0.717, 1.165) is 25.4 Å². The Hall–Kier alpha value is -0.870. The lowest BCUT2D eigenvalue weighted by Gasteiger charge is -2.24. The first-order valence-electron chi connectivity index (χ1n) is 7.30. The maximum absolute atomic E-state index is 5.51. The highest BCUT2D eigenvalue weighted by atomic mass is 16.5. The van der Waals surface area contributed by atoms with Crippen LogP contribution in [0.2, 0.25) is 0 Å². The third-order valence-electron chi connectivity index (χ3n) is 4.16. The highest BCUT2D eigenvalue weighted by Crippen LogP contribution is 2.25. The molecule has 3 heterocycles. The Kier molecular flexibility index (Phi) is 3.96. The monoisotopic (exact) mass is 249 g/mol. The van der Waals surface area contributed by atoms with Crippen LogP contribution in [0.4, 0.5) is 0 Å². The summed E-state index contributed by atoms with van der Waals surface area (Å²) in [5, 5.41) is 7.67. The van der Waals surface area contributed by atoms with Gasteiger partial charge < -0.3 is 9.84 Å². The van der Waals surface area contributed by atoms with Gasteiger partial charge in [-0.05, 0) is 51.9 Å². The second kappa shape index (κ2) is 5.85. The molecule has 0 unspecified atom stereocenters. The van der Waals surface area contributed by atoms with Crippen LogP contribution in [0.5, 0.6) is 0 Å². The van der Waals surface area contributed by atoms with Crippen LogP contribution < -0.4 is 5.32 Å². The molecule has 4 heteroatoms. The molecule has 0 atom stereocenters. The van der Waals surface area contributed by atoms with E-state index in [-0.39, 0.29) is 0 Å². The second-order valence-corrected chi connectivity index (χ2v) is 5.58. The van der Waals surface area contributed by atoms with Crippen molar-refractivity contribution in [3.63, 3.8) is 0 Å². The van der Waals surface area contributed by atoms with Gasteiger partial charge in [0.1, 0.15) is 0 Å². The molecule has 100 valence electrons. The van der Waals surface area contributed by atoms with E-state index >= 15 is 0 Å². The van der Waals surface area contributed by atoms with Gasteiger partial charge in [0.05, 0.1) is 12.2 Å². The summed E-state index contributed by atoms with van der Waals surface area (Å²) in [6.45, 7) is 5.59. The zero-order valence-corrected chi connectivity index (χ0v) is 11.0. The molecule has 2 aliphatic rings. The number of piperidine rings is 2. The minimum absolute atomic E-state index is 0.602. The normalized spacial score (nSPS) is 23.3. The predicted molar refractivity (Wildman–Crippen MR) is 70.5 cm³/mol. The quantitative estimate of drug-likeness (QED) is 0.891. The summed E-state index contributed by atoms with van der Waals surface area (Å²) in [4.78, 5) is 2.48. The zero-order chi connectivity index (χ0) is 12.2. The van der Waals surface area contributed by atoms with Gasteiger partial charge in [-0.3, -0.25) is 4.90 Å². The summed E-state index contributed by atoms with van der Waals surface area (Å²) in [6, 6.07) is 2.19. The summed E-state index contributed by atoms with van der Waals surface area (Å²) in [6.07, 6.45) is 6.42. The summed E-state index contributed by atoms with van der Waals surface area (Å²) in [5.74, 6) is 1.65. The lowest BCUT2D eigenvalue weighted by Crippen LogP contribution is -2.28. The van der Waals surface area contributed by atoms with Gasteiger partial charge in [0.15, 0.2) is 5.76 Å². The van der Waals surface area contributed by atoms with Crippen LogP contribution in [0.1, 0.15) is 49.5 Å². The average Bonchev–Trinajstić information content (AvgIpc) is 2.89. The van der Waals surface area contributed by atoms with Crippen molar-refractivity contribution in [1.29, 1.82) is 0 Å². The largest absolute Gasteiger partial charge is 0.360 e. The Morgan fingerprint density at radius 2 is 2.00 bits per heavy atom. The van der Waals surface area contributed by atoms with Crippen molar-refractivity contribution in [1.82, 2.24) is 15.4 Å². The highest BCUT2D eigenvalue weighted by Gasteiger charge is 2.20. The number of rotatable bonds is 3. The minimum atomic E-state index is 0.602. The molecule has 18 heavy (non-hydrogen) atoms. The van der Waals surface area contributed by atoms with Crippen molar-refractivity contribution < 1.29 is 4.52 Å². The molecule has 2 saturated heterocycles. The fourth-order valence-corrected chi connectivity index (χ4v) is 3.05. The molecule has 0 aromatic carbocycles. The van der Waals surface area contributed by atoms with Crippen molar-refractivity contribution >= 4 is 0 Å². The molecule has 0 aliphatic carbocycles. The van der Waals surface area contributed by atoms with Gasteiger partial charge in [-0.25, -0.2) is 0 Å².